The van der Waals surface area contributed by atoms with E-state index in [1.165, 1.54) is 6.92 Å². The first-order valence-electron chi connectivity index (χ1n) is 6.21. The zero-order valence-electron chi connectivity index (χ0n) is 11.0. The SMILES string of the molecule is COc1cccc2c1CCN(C(=O)C(C)C(=O)O)C2. The van der Waals surface area contributed by atoms with Gasteiger partial charge >= 0.3 is 5.97 Å². The molecule has 5 heteroatoms. The Hall–Kier alpha value is -2.04. The number of amides is 1. The first-order chi connectivity index (χ1) is 9.04. The number of nitrogens with zero attached hydrogens (tertiary/aromatic N) is 1. The number of methoxy groups -OCH3 is 1. The van der Waals surface area contributed by atoms with Crippen molar-refractivity contribution in [2.75, 3.05) is 13.7 Å². The number of carbonyl (C=O) groups is 2. The van der Waals surface area contributed by atoms with Crippen LogP contribution in [0.4, 0.5) is 0 Å². The molecule has 5 nitrogen and oxygen atoms in total. The van der Waals surface area contributed by atoms with Gasteiger partial charge < -0.3 is 14.7 Å². The Morgan fingerprint density at radius 1 is 1.42 bits per heavy atom. The molecule has 1 aromatic rings. The Bertz CT molecular complexity index is 512. The van der Waals surface area contributed by atoms with Gasteiger partial charge in [0.05, 0.1) is 7.11 Å². The van der Waals surface area contributed by atoms with Gasteiger partial charge in [0, 0.05) is 18.7 Å². The summed E-state index contributed by atoms with van der Waals surface area (Å²) >= 11 is 0. The fourth-order valence-corrected chi connectivity index (χ4v) is 2.33. The van der Waals surface area contributed by atoms with Crippen LogP contribution in [-0.2, 0) is 22.6 Å². The lowest BCUT2D eigenvalue weighted by Gasteiger charge is -2.30. The summed E-state index contributed by atoms with van der Waals surface area (Å²) in [5, 5.41) is 8.89. The quantitative estimate of drug-likeness (QED) is 0.835. The highest BCUT2D eigenvalue weighted by Crippen LogP contribution is 2.28. The topological polar surface area (TPSA) is 66.8 Å². The maximum absolute atomic E-state index is 12.0. The van der Waals surface area contributed by atoms with Crippen molar-refractivity contribution in [2.24, 2.45) is 5.92 Å². The zero-order valence-corrected chi connectivity index (χ0v) is 11.0. The van der Waals surface area contributed by atoms with Gasteiger partial charge in [-0.2, -0.15) is 0 Å². The van der Waals surface area contributed by atoms with Gasteiger partial charge in [-0.15, -0.1) is 0 Å². The van der Waals surface area contributed by atoms with Gasteiger partial charge in [-0.1, -0.05) is 12.1 Å². The number of rotatable bonds is 3. The van der Waals surface area contributed by atoms with E-state index in [-0.39, 0.29) is 5.91 Å². The predicted molar refractivity (Wildman–Crippen MR) is 68.9 cm³/mol. The molecule has 1 aliphatic rings. The molecule has 0 radical (unpaired) electrons. The Morgan fingerprint density at radius 3 is 2.79 bits per heavy atom. The second-order valence-corrected chi connectivity index (χ2v) is 4.67. The average molecular weight is 263 g/mol. The first kappa shape index (κ1) is 13.4. The lowest BCUT2D eigenvalue weighted by molar-refractivity contribution is -0.150. The van der Waals surface area contributed by atoms with Crippen LogP contribution >= 0.6 is 0 Å². The van der Waals surface area contributed by atoms with E-state index in [9.17, 15) is 9.59 Å². The zero-order chi connectivity index (χ0) is 14.0. The van der Waals surface area contributed by atoms with Crippen molar-refractivity contribution < 1.29 is 19.4 Å². The van der Waals surface area contributed by atoms with Crippen LogP contribution in [0.5, 0.6) is 5.75 Å². The van der Waals surface area contributed by atoms with Crippen LogP contribution in [0.3, 0.4) is 0 Å². The van der Waals surface area contributed by atoms with Crippen molar-refractivity contribution in [1.82, 2.24) is 4.90 Å². The predicted octanol–water partition coefficient (Wildman–Crippen LogP) is 1.30. The first-order valence-corrected chi connectivity index (χ1v) is 6.21. The molecule has 19 heavy (non-hydrogen) atoms. The summed E-state index contributed by atoms with van der Waals surface area (Å²) in [6.07, 6.45) is 0.692. The van der Waals surface area contributed by atoms with Gasteiger partial charge in [-0.05, 0) is 25.0 Å². The molecule has 0 saturated heterocycles. The molecule has 0 bridgehead atoms. The van der Waals surface area contributed by atoms with Crippen LogP contribution in [-0.4, -0.2) is 35.5 Å². The minimum atomic E-state index is -1.08. The highest BCUT2D eigenvalue weighted by atomic mass is 16.5. The smallest absolute Gasteiger partial charge is 0.315 e. The summed E-state index contributed by atoms with van der Waals surface area (Å²) in [6.45, 7) is 2.40. The number of fused-ring (bicyclic) bond motifs is 1. The van der Waals surface area contributed by atoms with Gasteiger partial charge in [0.2, 0.25) is 5.91 Å². The third kappa shape index (κ3) is 2.54. The third-order valence-electron chi connectivity index (χ3n) is 3.50. The van der Waals surface area contributed by atoms with Crippen LogP contribution in [0.25, 0.3) is 0 Å². The number of hydrogen-bond donors (Lipinski definition) is 1. The lowest BCUT2D eigenvalue weighted by Crippen LogP contribution is -2.41. The number of hydrogen-bond acceptors (Lipinski definition) is 3. The van der Waals surface area contributed by atoms with Crippen LogP contribution in [0.15, 0.2) is 18.2 Å². The molecular weight excluding hydrogens is 246 g/mol. The molecule has 0 spiro atoms. The van der Waals surface area contributed by atoms with E-state index in [0.717, 1.165) is 16.9 Å². The molecule has 0 aliphatic carbocycles. The minimum Gasteiger partial charge on any atom is -0.496 e. The Morgan fingerprint density at radius 2 is 2.16 bits per heavy atom. The molecule has 1 N–H and O–H groups in total. The second-order valence-electron chi connectivity index (χ2n) is 4.67. The summed E-state index contributed by atoms with van der Waals surface area (Å²) in [4.78, 5) is 24.5. The molecule has 1 unspecified atom stereocenters. The summed E-state index contributed by atoms with van der Waals surface area (Å²) in [5.41, 5.74) is 2.13. The van der Waals surface area contributed by atoms with Gasteiger partial charge in [-0.3, -0.25) is 9.59 Å². The van der Waals surface area contributed by atoms with Gasteiger partial charge in [0.25, 0.3) is 0 Å². The molecule has 1 atom stereocenters. The molecule has 1 heterocycles. The highest BCUT2D eigenvalue weighted by molar-refractivity contribution is 5.96. The summed E-state index contributed by atoms with van der Waals surface area (Å²) < 4.78 is 5.30. The van der Waals surface area contributed by atoms with Crippen molar-refractivity contribution in [1.29, 1.82) is 0 Å². The van der Waals surface area contributed by atoms with Gasteiger partial charge in [0.1, 0.15) is 11.7 Å². The Balaban J connectivity index is 2.19. The van der Waals surface area contributed by atoms with Crippen molar-refractivity contribution in [3.05, 3.63) is 29.3 Å². The maximum atomic E-state index is 12.0. The van der Waals surface area contributed by atoms with Crippen molar-refractivity contribution in [2.45, 2.75) is 19.9 Å². The molecule has 1 aromatic carbocycles. The number of aliphatic carboxylic acids is 1. The fourth-order valence-electron chi connectivity index (χ4n) is 2.33. The number of carboxylic acids is 1. The van der Waals surface area contributed by atoms with Crippen LogP contribution in [0, 0.1) is 5.92 Å². The highest BCUT2D eigenvalue weighted by Gasteiger charge is 2.29. The average Bonchev–Trinajstić information content (AvgIpc) is 2.44. The molecule has 0 fully saturated rings. The van der Waals surface area contributed by atoms with Crippen LogP contribution < -0.4 is 4.74 Å². The van der Waals surface area contributed by atoms with Crippen molar-refractivity contribution in [3.63, 3.8) is 0 Å². The summed E-state index contributed by atoms with van der Waals surface area (Å²) in [7, 11) is 1.62. The molecule has 1 aliphatic heterocycles. The fraction of sp³-hybridized carbons (Fsp3) is 0.429. The number of benzene rings is 1. The lowest BCUT2D eigenvalue weighted by atomic mass is 9.97. The van der Waals surface area contributed by atoms with E-state index in [1.54, 1.807) is 12.0 Å². The monoisotopic (exact) mass is 263 g/mol. The molecule has 2 rings (SSSR count). The van der Waals surface area contributed by atoms with Crippen molar-refractivity contribution in [3.8, 4) is 5.75 Å². The van der Waals surface area contributed by atoms with E-state index in [2.05, 4.69) is 0 Å². The molecule has 102 valence electrons. The number of ether oxygens (including phenoxy) is 1. The van der Waals surface area contributed by atoms with Crippen molar-refractivity contribution >= 4 is 11.9 Å². The van der Waals surface area contributed by atoms with Gasteiger partial charge in [-0.25, -0.2) is 0 Å². The second kappa shape index (κ2) is 5.30. The van der Waals surface area contributed by atoms with E-state index in [1.807, 2.05) is 18.2 Å². The Kier molecular flexibility index (Phi) is 3.74. The standard InChI is InChI=1S/C14H17NO4/c1-9(14(17)18)13(16)15-7-6-11-10(8-15)4-3-5-12(11)19-2/h3-5,9H,6-8H2,1-2H3,(H,17,18). The van der Waals surface area contributed by atoms with E-state index in [0.29, 0.717) is 19.5 Å². The molecule has 0 saturated carbocycles. The largest absolute Gasteiger partial charge is 0.496 e. The Labute approximate surface area is 111 Å². The summed E-state index contributed by atoms with van der Waals surface area (Å²) in [6, 6.07) is 5.73. The van der Waals surface area contributed by atoms with Crippen LogP contribution in [0.2, 0.25) is 0 Å². The summed E-state index contributed by atoms with van der Waals surface area (Å²) in [5.74, 6) is -1.58. The van der Waals surface area contributed by atoms with Crippen LogP contribution in [0.1, 0.15) is 18.1 Å². The van der Waals surface area contributed by atoms with E-state index < -0.39 is 11.9 Å². The molecular formula is C14H17NO4. The third-order valence-corrected chi connectivity index (χ3v) is 3.50. The number of carboxylic acid groups (broad SMARTS) is 1. The van der Waals surface area contributed by atoms with Gasteiger partial charge in [0.15, 0.2) is 0 Å². The normalized spacial score (nSPS) is 15.6. The van der Waals surface area contributed by atoms with E-state index >= 15 is 0 Å². The van der Waals surface area contributed by atoms with E-state index in [4.69, 9.17) is 9.84 Å². The molecule has 0 aromatic heterocycles. The maximum Gasteiger partial charge on any atom is 0.315 e. The minimum absolute atomic E-state index is 0.332. The number of carbonyl (C=O) groups excluding carboxylic acids is 1. The molecule has 1 amide bonds.